The molecule has 19 heavy (non-hydrogen) atoms. The number of rotatable bonds is 2. The highest BCUT2D eigenvalue weighted by atomic mass is 16.6. The molecular weight excluding hydrogens is 256 g/mol. The number of hydrogen-bond acceptors (Lipinski definition) is 7. The van der Waals surface area contributed by atoms with E-state index >= 15 is 0 Å². The molecule has 5 N–H and O–H groups in total. The molecule has 0 aliphatic carbocycles. The molecule has 2 aromatic heterocycles. The minimum absolute atomic E-state index is 0.0928. The number of aromatic nitrogens is 4. The van der Waals surface area contributed by atoms with Gasteiger partial charge in [-0.15, -0.1) is 0 Å². The maximum atomic E-state index is 11.5. The van der Waals surface area contributed by atoms with E-state index in [1.54, 1.807) is 0 Å². The molecule has 1 aliphatic heterocycles. The molecule has 4 atom stereocenters. The van der Waals surface area contributed by atoms with Gasteiger partial charge in [0, 0.05) is 0 Å². The Bertz CT molecular complexity index is 653. The maximum absolute atomic E-state index is 11.5. The van der Waals surface area contributed by atoms with Crippen molar-refractivity contribution < 1.29 is 20.1 Å². The van der Waals surface area contributed by atoms with Gasteiger partial charge in [0.05, 0.1) is 18.6 Å². The number of nitrogens with zero attached hydrogens (tertiary/aromatic N) is 2. The third-order valence-electron chi connectivity index (χ3n) is 3.20. The standard InChI is InChI=1S/C10H12N4O5/c15-1-3-7(16)8(17)9(19-3)5-4-6(14-13-5)10(18)12-2-11-4/h2-3,7-9,15-17H,1H2,(H,13,14)(H,11,12,18). The van der Waals surface area contributed by atoms with Crippen molar-refractivity contribution in [1.29, 1.82) is 0 Å². The van der Waals surface area contributed by atoms with Gasteiger partial charge in [0.15, 0.2) is 5.52 Å². The molecule has 102 valence electrons. The summed E-state index contributed by atoms with van der Waals surface area (Å²) in [7, 11) is 0. The van der Waals surface area contributed by atoms with Crippen molar-refractivity contribution in [3.05, 3.63) is 22.4 Å². The van der Waals surface area contributed by atoms with Gasteiger partial charge in [0.2, 0.25) is 0 Å². The Morgan fingerprint density at radius 2 is 2.11 bits per heavy atom. The molecule has 3 rings (SSSR count). The molecule has 3 heterocycles. The summed E-state index contributed by atoms with van der Waals surface area (Å²) >= 11 is 0. The first-order valence-corrected chi connectivity index (χ1v) is 5.67. The van der Waals surface area contributed by atoms with Crippen LogP contribution in [0.25, 0.3) is 11.0 Å². The Labute approximate surface area is 105 Å². The van der Waals surface area contributed by atoms with Crippen LogP contribution in [0.2, 0.25) is 0 Å². The van der Waals surface area contributed by atoms with Crippen LogP contribution in [0, 0.1) is 0 Å². The molecule has 0 radical (unpaired) electrons. The average molecular weight is 268 g/mol. The lowest BCUT2D eigenvalue weighted by atomic mass is 10.1. The predicted molar refractivity (Wildman–Crippen MR) is 61.2 cm³/mol. The van der Waals surface area contributed by atoms with E-state index < -0.39 is 36.6 Å². The van der Waals surface area contributed by atoms with Crippen LogP contribution in [0.5, 0.6) is 0 Å². The van der Waals surface area contributed by atoms with E-state index in [9.17, 15) is 15.0 Å². The van der Waals surface area contributed by atoms with Crippen LogP contribution in [0.4, 0.5) is 0 Å². The van der Waals surface area contributed by atoms with Gasteiger partial charge in [0.1, 0.15) is 29.9 Å². The zero-order valence-electron chi connectivity index (χ0n) is 9.65. The second kappa shape index (κ2) is 4.38. The fourth-order valence-corrected chi connectivity index (χ4v) is 2.20. The summed E-state index contributed by atoms with van der Waals surface area (Å²) in [6.45, 7) is -0.422. The van der Waals surface area contributed by atoms with Gasteiger partial charge in [-0.25, -0.2) is 4.98 Å². The third-order valence-corrected chi connectivity index (χ3v) is 3.20. The molecule has 0 aromatic carbocycles. The third kappa shape index (κ3) is 1.75. The van der Waals surface area contributed by atoms with Gasteiger partial charge in [-0.3, -0.25) is 9.89 Å². The van der Waals surface area contributed by atoms with E-state index in [4.69, 9.17) is 9.84 Å². The van der Waals surface area contributed by atoms with Crippen molar-refractivity contribution in [2.45, 2.75) is 24.4 Å². The van der Waals surface area contributed by atoms with Gasteiger partial charge in [-0.2, -0.15) is 5.10 Å². The number of fused-ring (bicyclic) bond motifs is 1. The van der Waals surface area contributed by atoms with E-state index in [-0.39, 0.29) is 11.0 Å². The van der Waals surface area contributed by atoms with Crippen LogP contribution in [0.3, 0.4) is 0 Å². The summed E-state index contributed by atoms with van der Waals surface area (Å²) in [6, 6.07) is 0. The van der Waals surface area contributed by atoms with Crippen LogP contribution in [0.1, 0.15) is 11.8 Å². The summed E-state index contributed by atoms with van der Waals surface area (Å²) in [5.41, 5.74) is 0.233. The highest BCUT2D eigenvalue weighted by Gasteiger charge is 2.44. The lowest BCUT2D eigenvalue weighted by Crippen LogP contribution is -2.32. The SMILES string of the molecule is O=c1[nH]cnc2c(C3OC(CO)C(O)C3O)[nH]nc12. The molecule has 0 amide bonds. The monoisotopic (exact) mass is 268 g/mol. The first-order chi connectivity index (χ1) is 9.13. The molecule has 9 nitrogen and oxygen atoms in total. The molecule has 1 fully saturated rings. The van der Waals surface area contributed by atoms with Crippen molar-refractivity contribution in [1.82, 2.24) is 20.2 Å². The molecule has 4 unspecified atom stereocenters. The topological polar surface area (TPSA) is 144 Å². The first kappa shape index (κ1) is 12.2. The van der Waals surface area contributed by atoms with Gasteiger partial charge >= 0.3 is 0 Å². The number of aromatic amines is 2. The highest BCUT2D eigenvalue weighted by Crippen LogP contribution is 2.34. The van der Waals surface area contributed by atoms with E-state index in [0.29, 0.717) is 5.69 Å². The number of aliphatic hydroxyl groups is 3. The normalized spacial score (nSPS) is 31.1. The summed E-state index contributed by atoms with van der Waals surface area (Å²) in [4.78, 5) is 17.9. The van der Waals surface area contributed by atoms with E-state index in [2.05, 4.69) is 20.2 Å². The Hall–Kier alpha value is -1.81. The van der Waals surface area contributed by atoms with Crippen molar-refractivity contribution in [3.63, 3.8) is 0 Å². The largest absolute Gasteiger partial charge is 0.394 e. The van der Waals surface area contributed by atoms with E-state index in [1.165, 1.54) is 6.33 Å². The van der Waals surface area contributed by atoms with Crippen molar-refractivity contribution >= 4 is 11.0 Å². The quantitative estimate of drug-likeness (QED) is 0.415. The van der Waals surface area contributed by atoms with Gasteiger partial charge in [-0.1, -0.05) is 0 Å². The highest BCUT2D eigenvalue weighted by molar-refractivity contribution is 5.75. The molecular formula is C10H12N4O5. The summed E-state index contributed by atoms with van der Waals surface area (Å²) in [5.74, 6) is 0. The number of hydrogen-bond donors (Lipinski definition) is 5. The maximum Gasteiger partial charge on any atom is 0.279 e. The van der Waals surface area contributed by atoms with Crippen LogP contribution < -0.4 is 5.56 Å². The van der Waals surface area contributed by atoms with Crippen LogP contribution >= 0.6 is 0 Å². The van der Waals surface area contributed by atoms with Crippen molar-refractivity contribution in [3.8, 4) is 0 Å². The molecule has 0 spiro atoms. The van der Waals surface area contributed by atoms with E-state index in [1.807, 2.05) is 0 Å². The summed E-state index contributed by atoms with van der Waals surface area (Å²) in [6.07, 6.45) is -3.05. The molecule has 1 saturated heterocycles. The average Bonchev–Trinajstić information content (AvgIpc) is 2.94. The minimum Gasteiger partial charge on any atom is -0.394 e. The Balaban J connectivity index is 2.06. The second-order valence-corrected chi connectivity index (χ2v) is 4.33. The fourth-order valence-electron chi connectivity index (χ4n) is 2.20. The molecule has 0 bridgehead atoms. The van der Waals surface area contributed by atoms with Gasteiger partial charge in [0.25, 0.3) is 5.56 Å². The minimum atomic E-state index is -1.23. The van der Waals surface area contributed by atoms with Crippen molar-refractivity contribution in [2.24, 2.45) is 0 Å². The summed E-state index contributed by atoms with van der Waals surface area (Å²) < 4.78 is 5.35. The number of nitrogens with one attached hydrogen (secondary N) is 2. The number of ether oxygens (including phenoxy) is 1. The van der Waals surface area contributed by atoms with Crippen LogP contribution in [-0.2, 0) is 4.74 Å². The zero-order chi connectivity index (χ0) is 13.6. The number of H-pyrrole nitrogens is 2. The number of aliphatic hydroxyl groups excluding tert-OH is 3. The Morgan fingerprint density at radius 3 is 2.79 bits per heavy atom. The van der Waals surface area contributed by atoms with Crippen molar-refractivity contribution in [2.75, 3.05) is 6.61 Å². The molecule has 9 heteroatoms. The van der Waals surface area contributed by atoms with Gasteiger partial charge in [-0.05, 0) is 0 Å². The van der Waals surface area contributed by atoms with Crippen LogP contribution in [-0.4, -0.2) is 60.4 Å². The smallest absolute Gasteiger partial charge is 0.279 e. The van der Waals surface area contributed by atoms with Gasteiger partial charge < -0.3 is 25.0 Å². The Kier molecular flexibility index (Phi) is 2.82. The lowest BCUT2D eigenvalue weighted by molar-refractivity contribution is -0.0236. The molecule has 2 aromatic rings. The van der Waals surface area contributed by atoms with Crippen LogP contribution in [0.15, 0.2) is 11.1 Å². The molecule has 1 aliphatic rings. The Morgan fingerprint density at radius 1 is 1.32 bits per heavy atom. The molecule has 0 saturated carbocycles. The zero-order valence-corrected chi connectivity index (χ0v) is 9.65. The lowest BCUT2D eigenvalue weighted by Gasteiger charge is -2.12. The fraction of sp³-hybridized carbons (Fsp3) is 0.500. The van der Waals surface area contributed by atoms with E-state index in [0.717, 1.165) is 0 Å². The first-order valence-electron chi connectivity index (χ1n) is 5.67. The predicted octanol–water partition coefficient (Wildman–Crippen LogP) is -2.20. The second-order valence-electron chi connectivity index (χ2n) is 4.33. The summed E-state index contributed by atoms with van der Waals surface area (Å²) in [5, 5.41) is 35.0.